The number of hydrogen-bond acceptors (Lipinski definition) is 2. The Kier molecular flexibility index (Phi) is 7.76. The second kappa shape index (κ2) is 8.52. The van der Waals surface area contributed by atoms with Crippen LogP contribution in [0.2, 0.25) is 4.34 Å². The fourth-order valence-electron chi connectivity index (χ4n) is 1.90. The average Bonchev–Trinajstić information content (AvgIpc) is 2.63. The van der Waals surface area contributed by atoms with Gasteiger partial charge in [-0.15, -0.1) is 11.3 Å². The molecule has 1 N–H and O–H groups in total. The Morgan fingerprint density at radius 3 is 2.65 bits per heavy atom. The number of halogens is 2. The standard InChI is InChI=1S/C13H21BrClNS/c1-3-5-6-7-8-11(16-4-2)12-9-10(14)13(15)17-12/h9,11,16H,3-8H2,1-2H3. The van der Waals surface area contributed by atoms with Crippen molar-refractivity contribution in [1.29, 1.82) is 0 Å². The SMILES string of the molecule is CCCCCCC(NCC)c1cc(Br)c(Cl)s1. The summed E-state index contributed by atoms with van der Waals surface area (Å²) < 4.78 is 1.88. The third kappa shape index (κ3) is 5.29. The van der Waals surface area contributed by atoms with Gasteiger partial charge in [0.2, 0.25) is 0 Å². The van der Waals surface area contributed by atoms with Crippen LogP contribution in [0.25, 0.3) is 0 Å². The monoisotopic (exact) mass is 337 g/mol. The number of unbranched alkanes of at least 4 members (excludes halogenated alkanes) is 3. The van der Waals surface area contributed by atoms with Crippen LogP contribution in [0.5, 0.6) is 0 Å². The van der Waals surface area contributed by atoms with Gasteiger partial charge in [-0.3, -0.25) is 0 Å². The third-order valence-corrected chi connectivity index (χ3v) is 5.39. The van der Waals surface area contributed by atoms with Gasteiger partial charge in [0, 0.05) is 15.4 Å². The molecule has 98 valence electrons. The van der Waals surface area contributed by atoms with Gasteiger partial charge in [0.15, 0.2) is 0 Å². The number of hydrogen-bond donors (Lipinski definition) is 1. The van der Waals surface area contributed by atoms with Crippen LogP contribution in [0.3, 0.4) is 0 Å². The second-order valence-corrected chi connectivity index (χ2v) is 6.77. The first-order valence-electron chi connectivity index (χ1n) is 6.37. The van der Waals surface area contributed by atoms with Gasteiger partial charge in [0.25, 0.3) is 0 Å². The summed E-state index contributed by atoms with van der Waals surface area (Å²) in [5.41, 5.74) is 0. The second-order valence-electron chi connectivity index (χ2n) is 4.23. The molecule has 1 heterocycles. The van der Waals surface area contributed by atoms with Gasteiger partial charge in [-0.2, -0.15) is 0 Å². The summed E-state index contributed by atoms with van der Waals surface area (Å²) in [7, 11) is 0. The minimum absolute atomic E-state index is 0.464. The molecular weight excluding hydrogens is 318 g/mol. The smallest absolute Gasteiger partial charge is 0.107 e. The first-order chi connectivity index (χ1) is 8.19. The summed E-state index contributed by atoms with van der Waals surface area (Å²) in [5.74, 6) is 0. The Bertz CT molecular complexity index is 308. The summed E-state index contributed by atoms with van der Waals surface area (Å²) in [5, 5.41) is 3.55. The van der Waals surface area contributed by atoms with Crippen molar-refractivity contribution >= 4 is 38.9 Å². The Morgan fingerprint density at radius 2 is 2.12 bits per heavy atom. The van der Waals surface area contributed by atoms with Crippen molar-refractivity contribution in [3.8, 4) is 0 Å². The summed E-state index contributed by atoms with van der Waals surface area (Å²) in [6.45, 7) is 5.41. The van der Waals surface area contributed by atoms with Crippen molar-refractivity contribution < 1.29 is 0 Å². The van der Waals surface area contributed by atoms with Gasteiger partial charge in [-0.25, -0.2) is 0 Å². The Morgan fingerprint density at radius 1 is 1.35 bits per heavy atom. The van der Waals surface area contributed by atoms with Crippen LogP contribution in [0, 0.1) is 0 Å². The van der Waals surface area contributed by atoms with Crippen LogP contribution < -0.4 is 5.32 Å². The van der Waals surface area contributed by atoms with E-state index in [4.69, 9.17) is 11.6 Å². The lowest BCUT2D eigenvalue weighted by Gasteiger charge is -2.16. The molecule has 0 amide bonds. The quantitative estimate of drug-likeness (QED) is 0.592. The third-order valence-electron chi connectivity index (χ3n) is 2.80. The molecule has 0 saturated heterocycles. The van der Waals surface area contributed by atoms with Crippen molar-refractivity contribution in [1.82, 2.24) is 5.32 Å². The minimum Gasteiger partial charge on any atom is -0.310 e. The minimum atomic E-state index is 0.464. The van der Waals surface area contributed by atoms with Crippen LogP contribution in [0.1, 0.15) is 56.9 Å². The van der Waals surface area contributed by atoms with Crippen molar-refractivity contribution in [2.24, 2.45) is 0 Å². The molecule has 1 nitrogen and oxygen atoms in total. The van der Waals surface area contributed by atoms with Crippen molar-refractivity contribution in [2.75, 3.05) is 6.54 Å². The molecule has 0 aliphatic heterocycles. The molecule has 0 aromatic carbocycles. The predicted molar refractivity (Wildman–Crippen MR) is 82.2 cm³/mol. The van der Waals surface area contributed by atoms with Gasteiger partial charge in [-0.1, -0.05) is 51.1 Å². The number of nitrogens with one attached hydrogen (secondary N) is 1. The molecule has 4 heteroatoms. The first-order valence-corrected chi connectivity index (χ1v) is 8.35. The summed E-state index contributed by atoms with van der Waals surface area (Å²) in [6.07, 6.45) is 6.46. The van der Waals surface area contributed by atoms with Crippen LogP contribution in [-0.4, -0.2) is 6.54 Å². The van der Waals surface area contributed by atoms with E-state index in [2.05, 4.69) is 41.2 Å². The van der Waals surface area contributed by atoms with Gasteiger partial charge < -0.3 is 5.32 Å². The van der Waals surface area contributed by atoms with E-state index in [1.54, 1.807) is 11.3 Å². The lowest BCUT2D eigenvalue weighted by Crippen LogP contribution is -2.19. The van der Waals surface area contributed by atoms with Crippen LogP contribution in [-0.2, 0) is 0 Å². The lowest BCUT2D eigenvalue weighted by atomic mass is 10.1. The molecule has 1 atom stereocenters. The van der Waals surface area contributed by atoms with Gasteiger partial charge in [-0.05, 0) is 35.0 Å². The fourth-order valence-corrected chi connectivity index (χ4v) is 3.75. The molecule has 0 aliphatic carbocycles. The Hall–Kier alpha value is 0.430. The van der Waals surface area contributed by atoms with Crippen LogP contribution in [0.15, 0.2) is 10.5 Å². The Labute approximate surface area is 122 Å². The predicted octanol–water partition coefficient (Wildman–Crippen LogP) is 5.79. The molecule has 17 heavy (non-hydrogen) atoms. The summed E-state index contributed by atoms with van der Waals surface area (Å²) >= 11 is 11.3. The van der Waals surface area contributed by atoms with E-state index in [1.165, 1.54) is 37.0 Å². The van der Waals surface area contributed by atoms with Gasteiger partial charge >= 0.3 is 0 Å². The molecule has 0 radical (unpaired) electrons. The van der Waals surface area contributed by atoms with Crippen LogP contribution in [0.4, 0.5) is 0 Å². The van der Waals surface area contributed by atoms with Crippen molar-refractivity contribution in [3.05, 3.63) is 19.8 Å². The summed E-state index contributed by atoms with van der Waals surface area (Å²) in [4.78, 5) is 1.35. The lowest BCUT2D eigenvalue weighted by molar-refractivity contribution is 0.487. The molecule has 0 spiro atoms. The van der Waals surface area contributed by atoms with E-state index in [0.29, 0.717) is 6.04 Å². The zero-order chi connectivity index (χ0) is 12.7. The first kappa shape index (κ1) is 15.5. The molecule has 0 saturated carbocycles. The van der Waals surface area contributed by atoms with E-state index in [-0.39, 0.29) is 0 Å². The molecule has 0 bridgehead atoms. The highest BCUT2D eigenvalue weighted by Gasteiger charge is 2.14. The van der Waals surface area contributed by atoms with Gasteiger partial charge in [0.05, 0.1) is 0 Å². The van der Waals surface area contributed by atoms with E-state index in [0.717, 1.165) is 15.4 Å². The number of rotatable bonds is 8. The summed E-state index contributed by atoms with van der Waals surface area (Å²) in [6, 6.07) is 2.62. The highest BCUT2D eigenvalue weighted by molar-refractivity contribution is 9.10. The normalized spacial score (nSPS) is 12.9. The van der Waals surface area contributed by atoms with Crippen LogP contribution >= 0.6 is 38.9 Å². The zero-order valence-electron chi connectivity index (χ0n) is 10.6. The highest BCUT2D eigenvalue weighted by Crippen LogP contribution is 2.36. The number of thiophene rings is 1. The molecule has 1 rings (SSSR count). The van der Waals surface area contributed by atoms with Crippen molar-refractivity contribution in [2.45, 2.75) is 52.0 Å². The van der Waals surface area contributed by atoms with E-state index in [9.17, 15) is 0 Å². The molecular formula is C13H21BrClNS. The zero-order valence-corrected chi connectivity index (χ0v) is 13.7. The van der Waals surface area contributed by atoms with E-state index >= 15 is 0 Å². The van der Waals surface area contributed by atoms with E-state index < -0.39 is 0 Å². The maximum atomic E-state index is 6.10. The fraction of sp³-hybridized carbons (Fsp3) is 0.692. The maximum Gasteiger partial charge on any atom is 0.107 e. The topological polar surface area (TPSA) is 12.0 Å². The molecule has 1 unspecified atom stereocenters. The van der Waals surface area contributed by atoms with Gasteiger partial charge in [0.1, 0.15) is 4.34 Å². The van der Waals surface area contributed by atoms with E-state index in [1.807, 2.05) is 0 Å². The maximum absolute atomic E-state index is 6.10. The molecule has 1 aromatic heterocycles. The molecule has 0 aliphatic rings. The highest BCUT2D eigenvalue weighted by atomic mass is 79.9. The Balaban J connectivity index is 2.52. The largest absolute Gasteiger partial charge is 0.310 e. The molecule has 1 aromatic rings. The average molecular weight is 339 g/mol. The van der Waals surface area contributed by atoms with Crippen molar-refractivity contribution in [3.63, 3.8) is 0 Å². The molecule has 0 fully saturated rings.